The van der Waals surface area contributed by atoms with Gasteiger partial charge >= 0.3 is 134 Å². The van der Waals surface area contributed by atoms with Crippen molar-refractivity contribution in [2.24, 2.45) is 0 Å². The van der Waals surface area contributed by atoms with Crippen molar-refractivity contribution in [3.8, 4) is 0 Å². The SMILES string of the molecule is Brc1ccc2c(c1)[se]c1c3ccc(Br)cc3[se]c21. The third-order valence-corrected chi connectivity index (χ3v) is 9.62. The molecular weight excluding hydrogens is 486 g/mol. The van der Waals surface area contributed by atoms with Crippen molar-refractivity contribution in [3.63, 3.8) is 0 Å². The Kier molecular flexibility index (Phi) is 2.89. The van der Waals surface area contributed by atoms with Crippen LogP contribution in [0.4, 0.5) is 0 Å². The van der Waals surface area contributed by atoms with Crippen LogP contribution in [0.1, 0.15) is 0 Å². The number of hydrogen-bond donors (Lipinski definition) is 0. The molecule has 2 heterocycles. The van der Waals surface area contributed by atoms with Gasteiger partial charge in [0.2, 0.25) is 0 Å². The molecule has 0 saturated heterocycles. The van der Waals surface area contributed by atoms with E-state index in [0.717, 1.165) is 0 Å². The summed E-state index contributed by atoms with van der Waals surface area (Å²) in [5.41, 5.74) is 0. The second-order valence-corrected chi connectivity index (χ2v) is 10.4. The minimum atomic E-state index is 0.481. The predicted molar refractivity (Wildman–Crippen MR) is 88.2 cm³/mol. The summed E-state index contributed by atoms with van der Waals surface area (Å²) < 4.78 is 8.73. The van der Waals surface area contributed by atoms with Crippen molar-refractivity contribution in [2.75, 3.05) is 0 Å². The third-order valence-electron chi connectivity index (χ3n) is 3.01. The van der Waals surface area contributed by atoms with E-state index in [-0.39, 0.29) is 0 Å². The molecule has 0 atom stereocenters. The van der Waals surface area contributed by atoms with Crippen LogP contribution < -0.4 is 0 Å². The monoisotopic (exact) mass is 492 g/mol. The van der Waals surface area contributed by atoms with E-state index in [1.165, 1.54) is 28.2 Å². The number of hydrogen-bond acceptors (Lipinski definition) is 0. The van der Waals surface area contributed by atoms with Crippen LogP contribution in [-0.4, -0.2) is 29.0 Å². The number of benzene rings is 2. The zero-order valence-electron chi connectivity index (χ0n) is 9.04. The summed E-state index contributed by atoms with van der Waals surface area (Å²) in [6, 6.07) is 13.5. The zero-order valence-corrected chi connectivity index (χ0v) is 15.6. The van der Waals surface area contributed by atoms with Crippen molar-refractivity contribution >= 4 is 88.7 Å². The first kappa shape index (κ1) is 12.0. The molecule has 0 nitrogen and oxygen atoms in total. The van der Waals surface area contributed by atoms with Crippen LogP contribution in [-0.2, 0) is 0 Å². The fraction of sp³-hybridized carbons (Fsp3) is 0. The number of rotatable bonds is 0. The fourth-order valence-electron chi connectivity index (χ4n) is 2.20. The summed E-state index contributed by atoms with van der Waals surface area (Å²) in [4.78, 5) is 0. The van der Waals surface area contributed by atoms with Gasteiger partial charge in [-0.05, 0) is 0 Å². The van der Waals surface area contributed by atoms with Crippen LogP contribution in [0.5, 0.6) is 0 Å². The Hall–Kier alpha value is 0.179. The summed E-state index contributed by atoms with van der Waals surface area (Å²) in [7, 11) is 0. The fourth-order valence-corrected chi connectivity index (χ4v) is 10.1. The first-order valence-corrected chi connectivity index (χ1v) is 10.4. The molecule has 18 heavy (non-hydrogen) atoms. The van der Waals surface area contributed by atoms with Crippen molar-refractivity contribution in [2.45, 2.75) is 0 Å². The molecule has 0 aliphatic carbocycles. The van der Waals surface area contributed by atoms with Gasteiger partial charge in [0.05, 0.1) is 0 Å². The van der Waals surface area contributed by atoms with E-state index < -0.39 is 0 Å². The molecule has 4 aromatic rings. The second-order valence-electron chi connectivity index (χ2n) is 4.14. The third kappa shape index (κ3) is 1.75. The molecule has 0 aliphatic heterocycles. The minimum absolute atomic E-state index is 0.481. The van der Waals surface area contributed by atoms with Crippen molar-refractivity contribution < 1.29 is 0 Å². The van der Waals surface area contributed by atoms with Crippen molar-refractivity contribution in [1.29, 1.82) is 0 Å². The Labute approximate surface area is 133 Å². The molecule has 2 aromatic heterocycles. The Morgan fingerprint density at radius 3 is 1.56 bits per heavy atom. The molecule has 0 amide bonds. The molecule has 0 radical (unpaired) electrons. The molecular formula is C14H6Br2Se2. The maximum absolute atomic E-state index is 3.58. The van der Waals surface area contributed by atoms with Crippen molar-refractivity contribution in [3.05, 3.63) is 45.3 Å². The van der Waals surface area contributed by atoms with Gasteiger partial charge in [-0.1, -0.05) is 0 Å². The Morgan fingerprint density at radius 1 is 0.667 bits per heavy atom. The van der Waals surface area contributed by atoms with Gasteiger partial charge in [0.15, 0.2) is 0 Å². The van der Waals surface area contributed by atoms with E-state index in [4.69, 9.17) is 0 Å². The molecule has 0 aliphatic rings. The Balaban J connectivity index is 2.23. The Morgan fingerprint density at radius 2 is 1.11 bits per heavy atom. The molecule has 0 saturated carbocycles. The van der Waals surface area contributed by atoms with Crippen molar-refractivity contribution in [1.82, 2.24) is 0 Å². The molecule has 0 bridgehead atoms. The van der Waals surface area contributed by atoms with Gasteiger partial charge in [0.25, 0.3) is 0 Å². The second kappa shape index (κ2) is 4.34. The average Bonchev–Trinajstić information content (AvgIpc) is 2.83. The van der Waals surface area contributed by atoms with Gasteiger partial charge in [0, 0.05) is 0 Å². The van der Waals surface area contributed by atoms with Crippen LogP contribution in [0.2, 0.25) is 0 Å². The molecule has 2 aromatic carbocycles. The number of halogens is 2. The summed E-state index contributed by atoms with van der Waals surface area (Å²) in [5, 5.41) is 3.00. The van der Waals surface area contributed by atoms with Gasteiger partial charge in [-0.3, -0.25) is 0 Å². The van der Waals surface area contributed by atoms with Crippen LogP contribution >= 0.6 is 31.9 Å². The normalized spacial score (nSPS) is 11.9. The van der Waals surface area contributed by atoms with E-state index in [2.05, 4.69) is 68.3 Å². The first-order chi connectivity index (χ1) is 8.72. The van der Waals surface area contributed by atoms with Crippen LogP contribution in [0, 0.1) is 0 Å². The van der Waals surface area contributed by atoms with Crippen LogP contribution in [0.15, 0.2) is 45.3 Å². The van der Waals surface area contributed by atoms with Gasteiger partial charge < -0.3 is 0 Å². The van der Waals surface area contributed by atoms with Gasteiger partial charge in [-0.2, -0.15) is 0 Å². The molecule has 0 unspecified atom stereocenters. The molecule has 0 fully saturated rings. The van der Waals surface area contributed by atoms with E-state index >= 15 is 0 Å². The van der Waals surface area contributed by atoms with E-state index in [1.54, 1.807) is 8.52 Å². The quantitative estimate of drug-likeness (QED) is 0.310. The topological polar surface area (TPSA) is 0 Å². The molecule has 88 valence electrons. The first-order valence-electron chi connectivity index (χ1n) is 5.42. The summed E-state index contributed by atoms with van der Waals surface area (Å²) >= 11 is 8.12. The van der Waals surface area contributed by atoms with Gasteiger partial charge in [0.1, 0.15) is 0 Å². The Bertz CT molecular complexity index is 826. The van der Waals surface area contributed by atoms with E-state index in [1.807, 2.05) is 0 Å². The van der Waals surface area contributed by atoms with Crippen LogP contribution in [0.25, 0.3) is 27.8 Å². The molecule has 0 N–H and O–H groups in total. The van der Waals surface area contributed by atoms with Gasteiger partial charge in [-0.25, -0.2) is 0 Å². The van der Waals surface area contributed by atoms with E-state index in [0.29, 0.717) is 29.0 Å². The molecule has 4 rings (SSSR count). The zero-order chi connectivity index (χ0) is 12.3. The number of fused-ring (bicyclic) bond motifs is 5. The predicted octanol–water partition coefficient (Wildman–Crippen LogP) is 4.79. The summed E-state index contributed by atoms with van der Waals surface area (Å²) in [6.07, 6.45) is 0. The van der Waals surface area contributed by atoms with Crippen LogP contribution in [0.3, 0.4) is 0 Å². The van der Waals surface area contributed by atoms with E-state index in [9.17, 15) is 0 Å². The van der Waals surface area contributed by atoms with Gasteiger partial charge in [-0.15, -0.1) is 0 Å². The standard InChI is InChI=1S/C14H6Br2Se2/c15-7-1-3-9-11(5-7)17-14-10-4-2-8(16)6-12(10)18-13(9)14/h1-6H. The molecule has 4 heteroatoms. The summed E-state index contributed by atoms with van der Waals surface area (Å²) in [6.45, 7) is 0. The summed E-state index contributed by atoms with van der Waals surface area (Å²) in [5.74, 6) is 0. The average molecular weight is 492 g/mol. The molecule has 0 spiro atoms. The maximum atomic E-state index is 3.58.